The van der Waals surface area contributed by atoms with Gasteiger partial charge in [0.25, 0.3) is 0 Å². The van der Waals surface area contributed by atoms with Crippen molar-refractivity contribution in [2.45, 2.75) is 51.4 Å². The van der Waals surface area contributed by atoms with Crippen molar-refractivity contribution in [1.82, 2.24) is 14.4 Å². The highest BCUT2D eigenvalue weighted by Gasteiger charge is 2.25. The zero-order valence-electron chi connectivity index (χ0n) is 12.8. The summed E-state index contributed by atoms with van der Waals surface area (Å²) in [6.45, 7) is 1.96. The molecule has 1 saturated carbocycles. The number of rotatable bonds is 2. The Balaban J connectivity index is 1.86. The molecule has 1 fully saturated rings. The van der Waals surface area contributed by atoms with E-state index in [4.69, 9.17) is 10.7 Å². The molecule has 3 N–H and O–H groups in total. The van der Waals surface area contributed by atoms with Crippen LogP contribution in [0.15, 0.2) is 12.4 Å². The Morgan fingerprint density at radius 2 is 2.00 bits per heavy atom. The summed E-state index contributed by atoms with van der Waals surface area (Å²) in [6, 6.07) is 0. The van der Waals surface area contributed by atoms with Crippen molar-refractivity contribution in [2.24, 2.45) is 5.92 Å². The molecule has 1 aliphatic carbocycles. The summed E-state index contributed by atoms with van der Waals surface area (Å²) < 4.78 is 2.05. The van der Waals surface area contributed by atoms with Gasteiger partial charge in [0.05, 0.1) is 11.6 Å². The number of nitrogens with two attached hydrogens (primary N) is 1. The third kappa shape index (κ3) is 2.65. The smallest absolute Gasteiger partial charge is 0.306 e. The van der Waals surface area contributed by atoms with Crippen molar-refractivity contribution in [1.29, 1.82) is 0 Å². The van der Waals surface area contributed by atoms with E-state index in [1.165, 1.54) is 0 Å². The first-order valence-electron chi connectivity index (χ1n) is 7.89. The Morgan fingerprint density at radius 3 is 2.64 bits per heavy atom. The summed E-state index contributed by atoms with van der Waals surface area (Å²) >= 11 is 0. The van der Waals surface area contributed by atoms with Gasteiger partial charge in [-0.2, -0.15) is 0 Å². The molecular weight excluding hydrogens is 280 g/mol. The van der Waals surface area contributed by atoms with Crippen LogP contribution in [-0.2, 0) is 4.79 Å². The van der Waals surface area contributed by atoms with Crippen LogP contribution in [0.5, 0.6) is 0 Å². The van der Waals surface area contributed by atoms with Crippen LogP contribution in [0, 0.1) is 12.8 Å². The molecule has 2 aromatic heterocycles. The van der Waals surface area contributed by atoms with E-state index < -0.39 is 5.97 Å². The van der Waals surface area contributed by atoms with Crippen molar-refractivity contribution in [3.05, 3.63) is 23.9 Å². The normalized spacial score (nSPS) is 23.1. The summed E-state index contributed by atoms with van der Waals surface area (Å²) in [6.07, 6.45) is 8.95. The third-order valence-electron chi connectivity index (χ3n) is 4.71. The Hall–Kier alpha value is -2.11. The SMILES string of the molecule is Cc1nc(C2CCCC(C(=O)O)CCC2)n2ccnc(N)c12. The van der Waals surface area contributed by atoms with Gasteiger partial charge in [-0.25, -0.2) is 9.97 Å². The minimum Gasteiger partial charge on any atom is -0.481 e. The lowest BCUT2D eigenvalue weighted by Gasteiger charge is -2.22. The molecule has 0 unspecified atom stereocenters. The maximum Gasteiger partial charge on any atom is 0.306 e. The van der Waals surface area contributed by atoms with E-state index >= 15 is 0 Å². The molecule has 0 aromatic carbocycles. The highest BCUT2D eigenvalue weighted by molar-refractivity contribution is 5.70. The van der Waals surface area contributed by atoms with Crippen molar-refractivity contribution in [2.75, 3.05) is 5.73 Å². The lowest BCUT2D eigenvalue weighted by molar-refractivity contribution is -0.142. The molecule has 6 heteroatoms. The standard InChI is InChI=1S/C16H22N4O2/c1-10-13-14(17)18-8-9-20(13)15(19-10)11-4-2-6-12(16(21)22)7-3-5-11/h8-9,11-12H,2-7H2,1H3,(H2,17,18)(H,21,22). The van der Waals surface area contributed by atoms with Crippen molar-refractivity contribution < 1.29 is 9.90 Å². The van der Waals surface area contributed by atoms with Gasteiger partial charge >= 0.3 is 5.97 Å². The van der Waals surface area contributed by atoms with E-state index in [2.05, 4.69) is 9.38 Å². The van der Waals surface area contributed by atoms with Crippen LogP contribution < -0.4 is 5.73 Å². The highest BCUT2D eigenvalue weighted by Crippen LogP contribution is 2.33. The molecule has 0 atom stereocenters. The summed E-state index contributed by atoms with van der Waals surface area (Å²) in [7, 11) is 0. The van der Waals surface area contributed by atoms with Crippen LogP contribution in [0.2, 0.25) is 0 Å². The Kier molecular flexibility index (Phi) is 4.00. The number of aliphatic carboxylic acids is 1. The van der Waals surface area contributed by atoms with Crippen LogP contribution in [0.3, 0.4) is 0 Å². The second-order valence-corrected chi connectivity index (χ2v) is 6.18. The molecule has 0 aliphatic heterocycles. The number of aromatic nitrogens is 3. The summed E-state index contributed by atoms with van der Waals surface area (Å²) in [4.78, 5) is 20.0. The number of carbonyl (C=O) groups is 1. The molecule has 118 valence electrons. The molecule has 3 rings (SSSR count). The number of hydrogen-bond donors (Lipinski definition) is 2. The van der Waals surface area contributed by atoms with E-state index in [0.717, 1.165) is 55.6 Å². The van der Waals surface area contributed by atoms with Crippen LogP contribution in [0.4, 0.5) is 5.82 Å². The summed E-state index contributed by atoms with van der Waals surface area (Å²) in [5.74, 6) is 1.07. The molecule has 0 spiro atoms. The summed E-state index contributed by atoms with van der Waals surface area (Å²) in [5.41, 5.74) is 7.77. The number of anilines is 1. The Labute approximate surface area is 129 Å². The second-order valence-electron chi connectivity index (χ2n) is 6.18. The monoisotopic (exact) mass is 302 g/mol. The Bertz CT molecular complexity index is 685. The molecule has 1 aliphatic rings. The fourth-order valence-electron chi connectivity index (χ4n) is 3.57. The minimum absolute atomic E-state index is 0.181. The average Bonchev–Trinajstić information content (AvgIpc) is 2.77. The van der Waals surface area contributed by atoms with E-state index in [-0.39, 0.29) is 5.92 Å². The van der Waals surface area contributed by atoms with Gasteiger partial charge in [0.1, 0.15) is 17.2 Å². The fourth-order valence-corrected chi connectivity index (χ4v) is 3.57. The summed E-state index contributed by atoms with van der Waals surface area (Å²) in [5, 5.41) is 9.18. The van der Waals surface area contributed by atoms with Crippen molar-refractivity contribution >= 4 is 17.3 Å². The molecular formula is C16H22N4O2. The number of nitrogens with zero attached hydrogens (tertiary/aromatic N) is 3. The van der Waals surface area contributed by atoms with Crippen LogP contribution in [0.1, 0.15) is 56.0 Å². The van der Waals surface area contributed by atoms with E-state index in [1.54, 1.807) is 6.20 Å². The van der Waals surface area contributed by atoms with E-state index in [1.807, 2.05) is 13.1 Å². The van der Waals surface area contributed by atoms with Gasteiger partial charge < -0.3 is 10.8 Å². The van der Waals surface area contributed by atoms with Gasteiger partial charge in [-0.3, -0.25) is 9.20 Å². The number of fused-ring (bicyclic) bond motifs is 1. The van der Waals surface area contributed by atoms with Gasteiger partial charge in [-0.05, 0) is 32.6 Å². The molecule has 0 bridgehead atoms. The zero-order chi connectivity index (χ0) is 15.7. The predicted octanol–water partition coefficient (Wildman–Crippen LogP) is 2.76. The van der Waals surface area contributed by atoms with Crippen LogP contribution in [-0.4, -0.2) is 25.4 Å². The van der Waals surface area contributed by atoms with Gasteiger partial charge in [0.2, 0.25) is 0 Å². The third-order valence-corrected chi connectivity index (χ3v) is 4.71. The number of imidazole rings is 1. The lowest BCUT2D eigenvalue weighted by Crippen LogP contribution is -2.17. The molecule has 0 saturated heterocycles. The van der Waals surface area contributed by atoms with Gasteiger partial charge in [-0.1, -0.05) is 12.8 Å². The molecule has 22 heavy (non-hydrogen) atoms. The fraction of sp³-hybridized carbons (Fsp3) is 0.562. The van der Waals surface area contributed by atoms with Gasteiger partial charge in [0, 0.05) is 18.3 Å². The average molecular weight is 302 g/mol. The number of carboxylic acid groups (broad SMARTS) is 1. The van der Waals surface area contributed by atoms with Gasteiger partial charge in [-0.15, -0.1) is 0 Å². The first-order chi connectivity index (χ1) is 10.6. The zero-order valence-corrected chi connectivity index (χ0v) is 12.8. The van der Waals surface area contributed by atoms with Gasteiger partial charge in [0.15, 0.2) is 0 Å². The molecule has 2 aromatic rings. The second kappa shape index (κ2) is 5.94. The topological polar surface area (TPSA) is 93.5 Å². The maximum absolute atomic E-state index is 11.1. The molecule has 0 radical (unpaired) electrons. The molecule has 0 amide bonds. The van der Waals surface area contributed by atoms with Crippen molar-refractivity contribution in [3.63, 3.8) is 0 Å². The Morgan fingerprint density at radius 1 is 1.32 bits per heavy atom. The number of aryl methyl sites for hydroxylation is 1. The van der Waals surface area contributed by atoms with Crippen molar-refractivity contribution in [3.8, 4) is 0 Å². The number of carboxylic acids is 1. The predicted molar refractivity (Wildman–Crippen MR) is 83.7 cm³/mol. The van der Waals surface area contributed by atoms with Crippen LogP contribution in [0.25, 0.3) is 5.52 Å². The van der Waals surface area contributed by atoms with E-state index in [9.17, 15) is 9.90 Å². The largest absolute Gasteiger partial charge is 0.481 e. The molecule has 6 nitrogen and oxygen atoms in total. The first-order valence-corrected chi connectivity index (χ1v) is 7.89. The maximum atomic E-state index is 11.1. The highest BCUT2D eigenvalue weighted by atomic mass is 16.4. The quantitative estimate of drug-likeness (QED) is 0.889. The minimum atomic E-state index is -0.653. The number of nitrogen functional groups attached to an aromatic ring is 1. The first kappa shape index (κ1) is 14.8. The van der Waals surface area contributed by atoms with Crippen LogP contribution >= 0.6 is 0 Å². The molecule has 2 heterocycles. The number of hydrogen-bond acceptors (Lipinski definition) is 4. The lowest BCUT2D eigenvalue weighted by atomic mass is 9.85. The van der Waals surface area contributed by atoms with E-state index in [0.29, 0.717) is 11.7 Å².